The average molecular weight is 552 g/mol. The maximum atomic E-state index is 9.41. The van der Waals surface area contributed by atoms with Gasteiger partial charge in [0, 0.05) is 33.0 Å². The van der Waals surface area contributed by atoms with Crippen molar-refractivity contribution in [2.24, 2.45) is 0 Å². The van der Waals surface area contributed by atoms with Crippen LogP contribution in [0.2, 0.25) is 0 Å². The summed E-state index contributed by atoms with van der Waals surface area (Å²) >= 11 is 0. The first-order chi connectivity index (χ1) is 21.7. The molecule has 2 heterocycles. The molecule has 4 nitrogen and oxygen atoms in total. The molecule has 4 heteroatoms. The van der Waals surface area contributed by atoms with Crippen LogP contribution in [0, 0.1) is 0 Å². The largest absolute Gasteiger partial charge is 0.309 e. The highest BCUT2D eigenvalue weighted by atomic mass is 15.0. The molecule has 0 bridgehead atoms. The number of benzene rings is 6. The third-order valence-corrected chi connectivity index (χ3v) is 7.76. The van der Waals surface area contributed by atoms with Crippen molar-refractivity contribution < 1.29 is 1.37 Å². The second kappa shape index (κ2) is 10.5. The van der Waals surface area contributed by atoms with Crippen molar-refractivity contribution in [3.8, 4) is 51.0 Å². The van der Waals surface area contributed by atoms with Crippen LogP contribution in [-0.2, 0) is 0 Å². The molecule has 0 saturated heterocycles. The smallest absolute Gasteiger partial charge is 0.164 e. The molecule has 0 unspecified atom stereocenters. The normalized spacial score (nSPS) is 11.6. The maximum absolute atomic E-state index is 9.41. The zero-order valence-electron chi connectivity index (χ0n) is 24.2. The first kappa shape index (κ1) is 23.8. The SMILES string of the molecule is [2H]c1cc(-c2nc(-c3ccccc3)nc(-c3ccccc3)n2)cc(-n2c3ccccc3c3ccccc32)c1-c1ccccc1. The molecule has 0 spiro atoms. The van der Waals surface area contributed by atoms with Gasteiger partial charge in [-0.05, 0) is 23.8 Å². The summed E-state index contributed by atoms with van der Waals surface area (Å²) in [6, 6.07) is 51.4. The highest BCUT2D eigenvalue weighted by Gasteiger charge is 2.18. The summed E-state index contributed by atoms with van der Waals surface area (Å²) in [6.45, 7) is 0. The Hall–Kier alpha value is -5.87. The molecule has 8 aromatic rings. The van der Waals surface area contributed by atoms with Crippen molar-refractivity contribution in [2.75, 3.05) is 0 Å². The summed E-state index contributed by atoms with van der Waals surface area (Å²) in [5.41, 5.74) is 7.45. The highest BCUT2D eigenvalue weighted by Crippen LogP contribution is 2.38. The van der Waals surface area contributed by atoms with Crippen LogP contribution in [0.15, 0.2) is 158 Å². The quantitative estimate of drug-likeness (QED) is 0.214. The lowest BCUT2D eigenvalue weighted by Crippen LogP contribution is -2.02. The van der Waals surface area contributed by atoms with Crippen molar-refractivity contribution in [3.63, 3.8) is 0 Å². The number of fused-ring (bicyclic) bond motifs is 3. The minimum Gasteiger partial charge on any atom is -0.309 e. The van der Waals surface area contributed by atoms with Crippen LogP contribution < -0.4 is 0 Å². The van der Waals surface area contributed by atoms with Gasteiger partial charge in [-0.2, -0.15) is 0 Å². The van der Waals surface area contributed by atoms with E-state index in [9.17, 15) is 1.37 Å². The van der Waals surface area contributed by atoms with Gasteiger partial charge in [0.15, 0.2) is 17.5 Å². The fourth-order valence-corrected chi connectivity index (χ4v) is 5.75. The zero-order chi connectivity index (χ0) is 29.5. The summed E-state index contributed by atoms with van der Waals surface area (Å²) in [5, 5.41) is 2.33. The van der Waals surface area contributed by atoms with Crippen LogP contribution in [0.25, 0.3) is 72.8 Å². The van der Waals surface area contributed by atoms with Crippen molar-refractivity contribution >= 4 is 21.8 Å². The van der Waals surface area contributed by atoms with Crippen LogP contribution >= 0.6 is 0 Å². The lowest BCUT2D eigenvalue weighted by atomic mass is 10.0. The Morgan fingerprint density at radius 2 is 0.837 bits per heavy atom. The number of rotatable bonds is 5. The molecule has 43 heavy (non-hydrogen) atoms. The molecule has 202 valence electrons. The molecular weight excluding hydrogens is 524 g/mol. The van der Waals surface area contributed by atoms with Gasteiger partial charge in [0.05, 0.1) is 18.1 Å². The van der Waals surface area contributed by atoms with E-state index in [1.165, 1.54) is 0 Å². The number of para-hydroxylation sites is 2. The summed E-state index contributed by atoms with van der Waals surface area (Å²) in [5.74, 6) is 1.70. The van der Waals surface area contributed by atoms with E-state index >= 15 is 0 Å². The highest BCUT2D eigenvalue weighted by molar-refractivity contribution is 6.09. The predicted octanol–water partition coefficient (Wildman–Crippen LogP) is 9.64. The van der Waals surface area contributed by atoms with Crippen LogP contribution in [0.5, 0.6) is 0 Å². The molecule has 0 fully saturated rings. The topological polar surface area (TPSA) is 43.6 Å². The van der Waals surface area contributed by atoms with Crippen molar-refractivity contribution in [3.05, 3.63) is 158 Å². The minimum absolute atomic E-state index is 0.397. The fraction of sp³-hybridized carbons (Fsp3) is 0. The number of aromatic nitrogens is 4. The van der Waals surface area contributed by atoms with Gasteiger partial charge >= 0.3 is 0 Å². The number of hydrogen-bond donors (Lipinski definition) is 0. The molecule has 0 aliphatic heterocycles. The summed E-state index contributed by atoms with van der Waals surface area (Å²) in [4.78, 5) is 14.8. The van der Waals surface area contributed by atoms with Gasteiger partial charge in [-0.3, -0.25) is 0 Å². The van der Waals surface area contributed by atoms with Crippen molar-refractivity contribution in [1.82, 2.24) is 19.5 Å². The van der Waals surface area contributed by atoms with Crippen molar-refractivity contribution in [2.45, 2.75) is 0 Å². The zero-order valence-corrected chi connectivity index (χ0v) is 23.2. The standard InChI is InChI=1S/C39H26N4/c1-4-14-27(15-5-1)31-25-24-30(26-36(31)43-34-22-12-10-20-32(34)33-21-11-13-23-35(33)43)39-41-37(28-16-6-2-7-17-28)40-38(42-39)29-18-8-3-9-19-29/h1-26H/i25D. The van der Waals surface area contributed by atoms with E-state index in [4.69, 9.17) is 15.0 Å². The van der Waals surface area contributed by atoms with E-state index in [1.807, 2.05) is 84.9 Å². The lowest BCUT2D eigenvalue weighted by molar-refractivity contribution is 1.07. The van der Waals surface area contributed by atoms with E-state index in [2.05, 4.69) is 71.3 Å². The molecule has 0 N–H and O–H groups in total. The monoisotopic (exact) mass is 551 g/mol. The van der Waals surface area contributed by atoms with E-state index in [-0.39, 0.29) is 0 Å². The van der Waals surface area contributed by atoms with E-state index in [0.717, 1.165) is 55.3 Å². The molecule has 0 aliphatic carbocycles. The Kier molecular flexibility index (Phi) is 5.82. The number of nitrogens with zero attached hydrogens (tertiary/aromatic N) is 4. The van der Waals surface area contributed by atoms with Crippen LogP contribution in [0.3, 0.4) is 0 Å². The molecule has 0 aliphatic rings. The Labute approximate surface area is 251 Å². The molecule has 0 saturated carbocycles. The van der Waals surface area contributed by atoms with Gasteiger partial charge in [-0.1, -0.05) is 140 Å². The van der Waals surface area contributed by atoms with Crippen LogP contribution in [0.1, 0.15) is 1.37 Å². The van der Waals surface area contributed by atoms with Gasteiger partial charge in [-0.15, -0.1) is 0 Å². The van der Waals surface area contributed by atoms with E-state index in [0.29, 0.717) is 23.5 Å². The maximum Gasteiger partial charge on any atom is 0.164 e. The summed E-state index contributed by atoms with van der Waals surface area (Å²) < 4.78 is 11.7. The second-order valence-corrected chi connectivity index (χ2v) is 10.4. The molecule has 8 rings (SSSR count). The lowest BCUT2D eigenvalue weighted by Gasteiger charge is -2.16. The summed E-state index contributed by atoms with van der Waals surface area (Å²) in [6.07, 6.45) is 0. The van der Waals surface area contributed by atoms with Gasteiger partial charge in [-0.25, -0.2) is 15.0 Å². The molecule has 2 aromatic heterocycles. The third-order valence-electron chi connectivity index (χ3n) is 7.76. The molecular formula is C39H26N4. The molecule has 0 atom stereocenters. The van der Waals surface area contributed by atoms with Gasteiger partial charge < -0.3 is 4.57 Å². The first-order valence-electron chi connectivity index (χ1n) is 14.8. The fourth-order valence-electron chi connectivity index (χ4n) is 5.75. The Morgan fingerprint density at radius 1 is 0.419 bits per heavy atom. The molecule has 0 amide bonds. The second-order valence-electron chi connectivity index (χ2n) is 10.4. The Morgan fingerprint density at radius 3 is 1.35 bits per heavy atom. The van der Waals surface area contributed by atoms with Gasteiger partial charge in [0.25, 0.3) is 0 Å². The average Bonchev–Trinajstić information content (AvgIpc) is 3.43. The molecule has 0 radical (unpaired) electrons. The van der Waals surface area contributed by atoms with E-state index < -0.39 is 0 Å². The predicted molar refractivity (Wildman–Crippen MR) is 176 cm³/mol. The first-order valence-corrected chi connectivity index (χ1v) is 14.3. The number of hydrogen-bond acceptors (Lipinski definition) is 3. The minimum atomic E-state index is 0.397. The Balaban J connectivity index is 1.44. The summed E-state index contributed by atoms with van der Waals surface area (Å²) in [7, 11) is 0. The Bertz CT molecular complexity index is 2170. The van der Waals surface area contributed by atoms with Crippen LogP contribution in [0.4, 0.5) is 0 Å². The van der Waals surface area contributed by atoms with Crippen molar-refractivity contribution in [1.29, 1.82) is 0 Å². The third kappa shape index (κ3) is 4.46. The van der Waals surface area contributed by atoms with Crippen LogP contribution in [-0.4, -0.2) is 19.5 Å². The van der Waals surface area contributed by atoms with Gasteiger partial charge in [0.2, 0.25) is 0 Å². The molecule has 6 aromatic carbocycles. The van der Waals surface area contributed by atoms with E-state index in [1.54, 1.807) is 0 Å². The van der Waals surface area contributed by atoms with Gasteiger partial charge in [0.1, 0.15) is 0 Å².